The molecule has 0 heterocycles. The fraction of sp³-hybridized carbons (Fsp3) is 0.500. The number of aryl methyl sites for hydroxylation is 1. The van der Waals surface area contributed by atoms with Gasteiger partial charge in [-0.2, -0.15) is 0 Å². The van der Waals surface area contributed by atoms with Gasteiger partial charge in [0.2, 0.25) is 0 Å². The van der Waals surface area contributed by atoms with E-state index in [-0.39, 0.29) is 6.42 Å². The van der Waals surface area contributed by atoms with Crippen molar-refractivity contribution < 1.29 is 14.6 Å². The Morgan fingerprint density at radius 3 is 3.00 bits per heavy atom. The summed E-state index contributed by atoms with van der Waals surface area (Å²) in [6.07, 6.45) is 2.30. The zero-order valence-electron chi connectivity index (χ0n) is 10.8. The molecule has 2 rings (SSSR count). The molecule has 0 saturated carbocycles. The van der Waals surface area contributed by atoms with Gasteiger partial charge in [0.1, 0.15) is 5.75 Å². The number of ether oxygens (including phenoxy) is 1. The maximum atomic E-state index is 10.6. The van der Waals surface area contributed by atoms with Crippen LogP contribution in [0.1, 0.15) is 30.0 Å². The van der Waals surface area contributed by atoms with Gasteiger partial charge in [0.05, 0.1) is 13.5 Å². The number of hydrogen-bond donors (Lipinski definition) is 1. The normalized spacial score (nSPS) is 17.8. The lowest BCUT2D eigenvalue weighted by Crippen LogP contribution is -2.25. The summed E-state index contributed by atoms with van der Waals surface area (Å²) in [5.74, 6) is 0.123. The minimum Gasteiger partial charge on any atom is -0.497 e. The highest BCUT2D eigenvalue weighted by Gasteiger charge is 2.26. The molecule has 4 nitrogen and oxygen atoms in total. The molecule has 1 aliphatic rings. The van der Waals surface area contributed by atoms with Crippen LogP contribution in [0.2, 0.25) is 0 Å². The van der Waals surface area contributed by atoms with Crippen LogP contribution >= 0.6 is 0 Å². The lowest BCUT2D eigenvalue weighted by atomic mass is 10.1. The fourth-order valence-electron chi connectivity index (χ4n) is 2.57. The average Bonchev–Trinajstić information content (AvgIpc) is 2.78. The molecule has 0 radical (unpaired) electrons. The van der Waals surface area contributed by atoms with Crippen molar-refractivity contribution in [2.75, 3.05) is 20.7 Å². The molecule has 0 aliphatic heterocycles. The molecule has 0 amide bonds. The van der Waals surface area contributed by atoms with E-state index in [9.17, 15) is 4.79 Å². The van der Waals surface area contributed by atoms with E-state index in [4.69, 9.17) is 9.84 Å². The first-order chi connectivity index (χ1) is 8.61. The Morgan fingerprint density at radius 2 is 2.33 bits per heavy atom. The number of rotatable bonds is 5. The van der Waals surface area contributed by atoms with Gasteiger partial charge in [-0.25, -0.2) is 0 Å². The maximum Gasteiger partial charge on any atom is 0.304 e. The number of nitrogens with zero attached hydrogens (tertiary/aromatic N) is 1. The van der Waals surface area contributed by atoms with E-state index in [1.54, 1.807) is 7.11 Å². The third-order valence-electron chi connectivity index (χ3n) is 3.61. The minimum atomic E-state index is -0.745. The number of benzene rings is 1. The van der Waals surface area contributed by atoms with Gasteiger partial charge in [-0.1, -0.05) is 6.07 Å². The standard InChI is InChI=1S/C14H19NO3/c1-15(8-7-14(16)17)13-6-4-10-3-5-11(18-2)9-12(10)13/h3,5,9,13H,4,6-8H2,1-2H3,(H,16,17). The van der Waals surface area contributed by atoms with Crippen molar-refractivity contribution >= 4 is 5.97 Å². The van der Waals surface area contributed by atoms with Gasteiger partial charge in [0.15, 0.2) is 0 Å². The first kappa shape index (κ1) is 12.9. The molecule has 1 aromatic carbocycles. The molecule has 1 aromatic rings. The van der Waals surface area contributed by atoms with E-state index in [0.29, 0.717) is 12.6 Å². The molecule has 0 fully saturated rings. The Bertz CT molecular complexity index is 445. The highest BCUT2D eigenvalue weighted by molar-refractivity contribution is 5.66. The molecule has 0 saturated heterocycles. The van der Waals surface area contributed by atoms with Crippen LogP contribution in [-0.2, 0) is 11.2 Å². The number of methoxy groups -OCH3 is 1. The van der Waals surface area contributed by atoms with Crippen molar-refractivity contribution in [2.24, 2.45) is 0 Å². The van der Waals surface area contributed by atoms with Crippen LogP contribution in [-0.4, -0.2) is 36.7 Å². The van der Waals surface area contributed by atoms with Gasteiger partial charge in [-0.15, -0.1) is 0 Å². The van der Waals surface area contributed by atoms with Gasteiger partial charge in [-0.05, 0) is 43.1 Å². The molecule has 0 aromatic heterocycles. The fourth-order valence-corrected chi connectivity index (χ4v) is 2.57. The molecular formula is C14H19NO3. The van der Waals surface area contributed by atoms with Crippen molar-refractivity contribution in [3.8, 4) is 5.75 Å². The van der Waals surface area contributed by atoms with Gasteiger partial charge < -0.3 is 9.84 Å². The van der Waals surface area contributed by atoms with Crippen LogP contribution in [0.15, 0.2) is 18.2 Å². The third kappa shape index (κ3) is 2.64. The van der Waals surface area contributed by atoms with Crippen molar-refractivity contribution in [1.82, 2.24) is 4.90 Å². The van der Waals surface area contributed by atoms with Gasteiger partial charge >= 0.3 is 5.97 Å². The molecule has 0 bridgehead atoms. The predicted octanol–water partition coefficient (Wildman–Crippen LogP) is 2.09. The number of carboxylic acids is 1. The highest BCUT2D eigenvalue weighted by atomic mass is 16.5. The molecule has 4 heteroatoms. The first-order valence-electron chi connectivity index (χ1n) is 6.20. The molecule has 1 atom stereocenters. The summed E-state index contributed by atoms with van der Waals surface area (Å²) >= 11 is 0. The molecule has 1 aliphatic carbocycles. The summed E-state index contributed by atoms with van der Waals surface area (Å²) in [6.45, 7) is 0.580. The summed E-state index contributed by atoms with van der Waals surface area (Å²) in [4.78, 5) is 12.7. The third-order valence-corrected chi connectivity index (χ3v) is 3.61. The quantitative estimate of drug-likeness (QED) is 0.868. The molecule has 1 N–H and O–H groups in total. The summed E-state index contributed by atoms with van der Waals surface area (Å²) < 4.78 is 5.25. The molecule has 18 heavy (non-hydrogen) atoms. The second-order valence-corrected chi connectivity index (χ2v) is 4.74. The smallest absolute Gasteiger partial charge is 0.304 e. The first-order valence-corrected chi connectivity index (χ1v) is 6.20. The zero-order valence-corrected chi connectivity index (χ0v) is 10.8. The number of carbonyl (C=O) groups is 1. The van der Waals surface area contributed by atoms with Crippen LogP contribution < -0.4 is 4.74 Å². The van der Waals surface area contributed by atoms with Crippen LogP contribution in [0.3, 0.4) is 0 Å². The second kappa shape index (κ2) is 5.40. The van der Waals surface area contributed by atoms with E-state index < -0.39 is 5.97 Å². The minimum absolute atomic E-state index is 0.187. The van der Waals surface area contributed by atoms with Crippen LogP contribution in [0.25, 0.3) is 0 Å². The van der Waals surface area contributed by atoms with Gasteiger partial charge in [0, 0.05) is 12.6 Å². The SMILES string of the molecule is COc1ccc2c(c1)C(N(C)CCC(=O)O)CC2. The second-order valence-electron chi connectivity index (χ2n) is 4.74. The largest absolute Gasteiger partial charge is 0.497 e. The van der Waals surface area contributed by atoms with Crippen molar-refractivity contribution in [3.05, 3.63) is 29.3 Å². The summed E-state index contributed by atoms with van der Waals surface area (Å²) in [7, 11) is 3.65. The van der Waals surface area contributed by atoms with E-state index in [2.05, 4.69) is 17.0 Å². The highest BCUT2D eigenvalue weighted by Crippen LogP contribution is 2.37. The Labute approximate surface area is 107 Å². The lowest BCUT2D eigenvalue weighted by Gasteiger charge is -2.24. The Morgan fingerprint density at radius 1 is 1.56 bits per heavy atom. The Balaban J connectivity index is 2.12. The number of aliphatic carboxylic acids is 1. The molecule has 1 unspecified atom stereocenters. The predicted molar refractivity (Wildman–Crippen MR) is 68.9 cm³/mol. The maximum absolute atomic E-state index is 10.6. The average molecular weight is 249 g/mol. The molecular weight excluding hydrogens is 230 g/mol. The molecule has 98 valence electrons. The van der Waals surface area contributed by atoms with Crippen LogP contribution in [0, 0.1) is 0 Å². The van der Waals surface area contributed by atoms with Gasteiger partial charge in [0.25, 0.3) is 0 Å². The van der Waals surface area contributed by atoms with Crippen LogP contribution in [0.5, 0.6) is 5.75 Å². The van der Waals surface area contributed by atoms with Crippen LogP contribution in [0.4, 0.5) is 0 Å². The molecule has 0 spiro atoms. The summed E-state index contributed by atoms with van der Waals surface area (Å²) in [6, 6.07) is 6.48. The topological polar surface area (TPSA) is 49.8 Å². The Kier molecular flexibility index (Phi) is 3.87. The van der Waals surface area contributed by atoms with Crippen molar-refractivity contribution in [3.63, 3.8) is 0 Å². The van der Waals surface area contributed by atoms with E-state index >= 15 is 0 Å². The summed E-state index contributed by atoms with van der Waals surface area (Å²) in [5, 5.41) is 8.74. The number of hydrogen-bond acceptors (Lipinski definition) is 3. The van der Waals surface area contributed by atoms with E-state index in [1.165, 1.54) is 11.1 Å². The van der Waals surface area contributed by atoms with E-state index in [0.717, 1.165) is 18.6 Å². The van der Waals surface area contributed by atoms with Crippen molar-refractivity contribution in [2.45, 2.75) is 25.3 Å². The summed E-state index contributed by atoms with van der Waals surface area (Å²) in [5.41, 5.74) is 2.63. The monoisotopic (exact) mass is 249 g/mol. The number of carboxylic acid groups (broad SMARTS) is 1. The van der Waals surface area contributed by atoms with Gasteiger partial charge in [-0.3, -0.25) is 9.69 Å². The van der Waals surface area contributed by atoms with Crippen molar-refractivity contribution in [1.29, 1.82) is 0 Å². The zero-order chi connectivity index (χ0) is 13.1. The number of fused-ring (bicyclic) bond motifs is 1. The lowest BCUT2D eigenvalue weighted by molar-refractivity contribution is -0.137. The Hall–Kier alpha value is -1.55. The van der Waals surface area contributed by atoms with E-state index in [1.807, 2.05) is 13.1 Å².